The third-order valence-corrected chi connectivity index (χ3v) is 4.25. The molecule has 0 spiro atoms. The van der Waals surface area contributed by atoms with Crippen LogP contribution in [0.5, 0.6) is 0 Å². The molecule has 3 atom stereocenters. The van der Waals surface area contributed by atoms with E-state index in [-0.39, 0.29) is 12.4 Å². The van der Waals surface area contributed by atoms with E-state index in [2.05, 4.69) is 0 Å². The zero-order chi connectivity index (χ0) is 14.3. The Labute approximate surface area is 122 Å². The van der Waals surface area contributed by atoms with Gasteiger partial charge in [-0.15, -0.1) is 0 Å². The Hall–Kier alpha value is -0.160. The van der Waals surface area contributed by atoms with E-state index in [0.717, 1.165) is 71.0 Å². The first-order valence-corrected chi connectivity index (χ1v) is 8.31. The smallest absolute Gasteiger partial charge is 0.165 e. The molecule has 4 heteroatoms. The molecule has 20 heavy (non-hydrogen) atoms. The Morgan fingerprint density at radius 2 is 2.05 bits per heavy atom. The Kier molecular flexibility index (Phi) is 6.75. The lowest BCUT2D eigenvalue weighted by molar-refractivity contribution is -0.253. The molecule has 2 aliphatic heterocycles. The summed E-state index contributed by atoms with van der Waals surface area (Å²) in [5.41, 5.74) is 0. The van der Waals surface area contributed by atoms with Gasteiger partial charge in [-0.2, -0.15) is 0 Å². The molecule has 0 aliphatic carbocycles. The highest BCUT2D eigenvalue weighted by Gasteiger charge is 2.32. The van der Waals surface area contributed by atoms with Crippen LogP contribution in [0.4, 0.5) is 0 Å². The van der Waals surface area contributed by atoms with Gasteiger partial charge in [-0.25, -0.2) is 0 Å². The summed E-state index contributed by atoms with van der Waals surface area (Å²) in [5.74, 6) is -0.870. The number of hydrogen-bond acceptors (Lipinski definition) is 4. The van der Waals surface area contributed by atoms with Crippen LogP contribution in [-0.2, 0) is 14.2 Å². The maximum absolute atomic E-state index is 10.3. The molecule has 118 valence electrons. The number of unbranched alkanes of at least 4 members (excludes halogenated alkanes) is 2. The van der Waals surface area contributed by atoms with Crippen molar-refractivity contribution in [3.8, 4) is 0 Å². The molecule has 4 nitrogen and oxygen atoms in total. The Morgan fingerprint density at radius 1 is 1.15 bits per heavy atom. The number of ether oxygens (including phenoxy) is 3. The van der Waals surface area contributed by atoms with Gasteiger partial charge in [0.15, 0.2) is 12.1 Å². The van der Waals surface area contributed by atoms with Crippen LogP contribution in [0.1, 0.15) is 71.1 Å². The second kappa shape index (κ2) is 8.32. The fourth-order valence-electron chi connectivity index (χ4n) is 3.08. The summed E-state index contributed by atoms with van der Waals surface area (Å²) in [6.45, 7) is 3.65. The zero-order valence-corrected chi connectivity index (χ0v) is 12.8. The first-order valence-electron chi connectivity index (χ1n) is 8.31. The van der Waals surface area contributed by atoms with Gasteiger partial charge in [0.2, 0.25) is 0 Å². The predicted octanol–water partition coefficient (Wildman–Crippen LogP) is 3.37. The van der Waals surface area contributed by atoms with Crippen molar-refractivity contribution >= 4 is 0 Å². The highest BCUT2D eigenvalue weighted by molar-refractivity contribution is 4.74. The highest BCUT2D eigenvalue weighted by atomic mass is 16.7. The van der Waals surface area contributed by atoms with E-state index in [4.69, 9.17) is 14.2 Å². The van der Waals surface area contributed by atoms with Crippen LogP contribution in [0.15, 0.2) is 0 Å². The topological polar surface area (TPSA) is 47.9 Å². The average Bonchev–Trinajstić information content (AvgIpc) is 2.43. The Morgan fingerprint density at radius 3 is 2.80 bits per heavy atom. The summed E-state index contributed by atoms with van der Waals surface area (Å²) in [6, 6.07) is 0. The van der Waals surface area contributed by atoms with Crippen LogP contribution in [-0.4, -0.2) is 36.5 Å². The Bertz CT molecular complexity index is 265. The van der Waals surface area contributed by atoms with E-state index in [1.807, 2.05) is 6.92 Å². The molecule has 0 bridgehead atoms. The summed E-state index contributed by atoms with van der Waals surface area (Å²) in [6.07, 6.45) is 10.4. The van der Waals surface area contributed by atoms with Gasteiger partial charge < -0.3 is 19.3 Å². The molecular weight excluding hydrogens is 256 g/mol. The fraction of sp³-hybridized carbons (Fsp3) is 1.00. The quantitative estimate of drug-likeness (QED) is 0.729. The SMILES string of the molecule is CC1CCCC(O)(CCCCCOC2CCCCO2)O1. The third kappa shape index (κ3) is 5.68. The zero-order valence-electron chi connectivity index (χ0n) is 12.8. The molecule has 3 unspecified atom stereocenters. The van der Waals surface area contributed by atoms with E-state index < -0.39 is 5.79 Å². The third-order valence-electron chi connectivity index (χ3n) is 4.25. The lowest BCUT2D eigenvalue weighted by atomic mass is 9.97. The van der Waals surface area contributed by atoms with E-state index >= 15 is 0 Å². The van der Waals surface area contributed by atoms with Crippen LogP contribution >= 0.6 is 0 Å². The van der Waals surface area contributed by atoms with Gasteiger partial charge in [0.1, 0.15) is 0 Å². The standard InChI is InChI=1S/C16H30O4/c1-14-8-7-11-16(17,20-14)10-4-2-5-12-18-15-9-3-6-13-19-15/h14-15,17H,2-13H2,1H3. The number of aliphatic hydroxyl groups is 1. The molecule has 2 rings (SSSR count). The highest BCUT2D eigenvalue weighted by Crippen LogP contribution is 2.30. The molecule has 0 aromatic carbocycles. The summed E-state index contributed by atoms with van der Waals surface area (Å²) < 4.78 is 16.9. The van der Waals surface area contributed by atoms with Crippen molar-refractivity contribution in [1.82, 2.24) is 0 Å². The van der Waals surface area contributed by atoms with Gasteiger partial charge in [0.05, 0.1) is 6.10 Å². The van der Waals surface area contributed by atoms with E-state index in [9.17, 15) is 5.11 Å². The molecule has 2 aliphatic rings. The van der Waals surface area contributed by atoms with E-state index in [1.54, 1.807) is 0 Å². The maximum atomic E-state index is 10.3. The Balaban J connectivity index is 1.48. The molecule has 2 saturated heterocycles. The van der Waals surface area contributed by atoms with E-state index in [0.29, 0.717) is 0 Å². The summed E-state index contributed by atoms with van der Waals surface area (Å²) in [5, 5.41) is 10.3. The van der Waals surface area contributed by atoms with Crippen LogP contribution in [0.3, 0.4) is 0 Å². The minimum atomic E-state index is -0.870. The van der Waals surface area contributed by atoms with Crippen molar-refractivity contribution < 1.29 is 19.3 Å². The normalized spacial score (nSPS) is 35.1. The molecule has 1 N–H and O–H groups in total. The van der Waals surface area contributed by atoms with Crippen molar-refractivity contribution in [3.63, 3.8) is 0 Å². The summed E-state index contributed by atoms with van der Waals surface area (Å²) in [7, 11) is 0. The molecular formula is C16H30O4. The van der Waals surface area contributed by atoms with Crippen molar-refractivity contribution in [3.05, 3.63) is 0 Å². The maximum Gasteiger partial charge on any atom is 0.165 e. The number of rotatable bonds is 7. The van der Waals surface area contributed by atoms with E-state index in [1.165, 1.54) is 6.42 Å². The van der Waals surface area contributed by atoms with Crippen LogP contribution < -0.4 is 0 Å². The van der Waals surface area contributed by atoms with Crippen molar-refractivity contribution in [2.45, 2.75) is 89.3 Å². The van der Waals surface area contributed by atoms with Gasteiger partial charge in [-0.3, -0.25) is 0 Å². The molecule has 2 fully saturated rings. The lowest BCUT2D eigenvalue weighted by Gasteiger charge is -2.36. The fourth-order valence-corrected chi connectivity index (χ4v) is 3.08. The summed E-state index contributed by atoms with van der Waals surface area (Å²) in [4.78, 5) is 0. The van der Waals surface area contributed by atoms with Crippen molar-refractivity contribution in [1.29, 1.82) is 0 Å². The molecule has 0 aromatic heterocycles. The monoisotopic (exact) mass is 286 g/mol. The van der Waals surface area contributed by atoms with Gasteiger partial charge in [0, 0.05) is 26.1 Å². The predicted molar refractivity (Wildman–Crippen MR) is 77.4 cm³/mol. The van der Waals surface area contributed by atoms with Gasteiger partial charge in [-0.1, -0.05) is 6.42 Å². The van der Waals surface area contributed by atoms with Gasteiger partial charge >= 0.3 is 0 Å². The minimum absolute atomic E-state index is 0.0236. The van der Waals surface area contributed by atoms with Crippen molar-refractivity contribution in [2.75, 3.05) is 13.2 Å². The molecule has 0 aromatic rings. The van der Waals surface area contributed by atoms with Crippen LogP contribution in [0.25, 0.3) is 0 Å². The lowest BCUT2D eigenvalue weighted by Crippen LogP contribution is -2.39. The average molecular weight is 286 g/mol. The van der Waals surface area contributed by atoms with Gasteiger partial charge in [-0.05, 0) is 51.9 Å². The molecule has 2 heterocycles. The van der Waals surface area contributed by atoms with Gasteiger partial charge in [0.25, 0.3) is 0 Å². The molecule has 0 radical (unpaired) electrons. The minimum Gasteiger partial charge on any atom is -0.365 e. The van der Waals surface area contributed by atoms with Crippen LogP contribution in [0.2, 0.25) is 0 Å². The second-order valence-corrected chi connectivity index (χ2v) is 6.24. The number of hydrogen-bond donors (Lipinski definition) is 1. The largest absolute Gasteiger partial charge is 0.365 e. The second-order valence-electron chi connectivity index (χ2n) is 6.24. The van der Waals surface area contributed by atoms with Crippen LogP contribution in [0, 0.1) is 0 Å². The summed E-state index contributed by atoms with van der Waals surface area (Å²) >= 11 is 0. The first-order chi connectivity index (χ1) is 9.68. The molecule has 0 saturated carbocycles. The van der Waals surface area contributed by atoms with Crippen molar-refractivity contribution in [2.24, 2.45) is 0 Å². The first kappa shape index (κ1) is 16.2. The molecule has 0 amide bonds.